The number of rotatable bonds is 4. The minimum Gasteiger partial charge on any atom is -0.390 e. The zero-order valence-corrected chi connectivity index (χ0v) is 12.0. The van der Waals surface area contributed by atoms with Crippen molar-refractivity contribution in [3.05, 3.63) is 34.6 Å². The van der Waals surface area contributed by atoms with Crippen LogP contribution in [-0.4, -0.2) is 24.4 Å². The van der Waals surface area contributed by atoms with E-state index in [0.717, 1.165) is 0 Å². The van der Waals surface area contributed by atoms with Gasteiger partial charge in [0.15, 0.2) is 0 Å². The smallest absolute Gasteiger partial charge is 0.142 e. The maximum absolute atomic E-state index is 13.3. The van der Waals surface area contributed by atoms with Crippen LogP contribution in [0.4, 0.5) is 4.39 Å². The molecule has 0 aliphatic rings. The van der Waals surface area contributed by atoms with Gasteiger partial charge in [0.25, 0.3) is 0 Å². The summed E-state index contributed by atoms with van der Waals surface area (Å²) >= 11 is 5.87. The van der Waals surface area contributed by atoms with Crippen molar-refractivity contribution in [2.45, 2.75) is 39.4 Å². The molecule has 0 aromatic heterocycles. The van der Waals surface area contributed by atoms with E-state index in [1.54, 1.807) is 19.2 Å². The van der Waals surface area contributed by atoms with Crippen molar-refractivity contribution < 1.29 is 14.2 Å². The van der Waals surface area contributed by atoms with Crippen LogP contribution in [0.1, 0.15) is 26.3 Å². The van der Waals surface area contributed by atoms with Crippen molar-refractivity contribution in [3.63, 3.8) is 0 Å². The number of benzene rings is 1. The molecule has 0 fully saturated rings. The maximum atomic E-state index is 13.3. The Kier molecular flexibility index (Phi) is 5.14. The molecule has 1 aromatic carbocycles. The van der Waals surface area contributed by atoms with Crippen LogP contribution in [0, 0.1) is 11.2 Å². The third-order valence-electron chi connectivity index (χ3n) is 2.92. The van der Waals surface area contributed by atoms with E-state index in [-0.39, 0.29) is 23.0 Å². The molecule has 102 valence electrons. The molecule has 4 heteroatoms. The van der Waals surface area contributed by atoms with E-state index < -0.39 is 11.9 Å². The number of aliphatic hydroxyl groups excluding tert-OH is 1. The quantitative estimate of drug-likeness (QED) is 0.911. The first-order valence-corrected chi connectivity index (χ1v) is 6.29. The van der Waals surface area contributed by atoms with E-state index in [1.807, 2.05) is 20.8 Å². The fourth-order valence-electron chi connectivity index (χ4n) is 2.13. The molecule has 0 amide bonds. The predicted molar refractivity (Wildman–Crippen MR) is 71.4 cm³/mol. The van der Waals surface area contributed by atoms with Gasteiger partial charge in [0.2, 0.25) is 0 Å². The monoisotopic (exact) mass is 274 g/mol. The molecule has 0 radical (unpaired) electrons. The molecule has 1 N–H and O–H groups in total. The lowest BCUT2D eigenvalue weighted by atomic mass is 9.84. The van der Waals surface area contributed by atoms with Gasteiger partial charge in [-0.2, -0.15) is 0 Å². The first-order chi connectivity index (χ1) is 8.27. The molecule has 0 aliphatic carbocycles. The lowest BCUT2D eigenvalue weighted by Crippen LogP contribution is -2.40. The Hall–Kier alpha value is -0.640. The van der Waals surface area contributed by atoms with E-state index in [1.165, 1.54) is 6.07 Å². The fraction of sp³-hybridized carbons (Fsp3) is 0.571. The summed E-state index contributed by atoms with van der Waals surface area (Å²) in [6, 6.07) is 4.60. The van der Waals surface area contributed by atoms with E-state index in [4.69, 9.17) is 16.3 Å². The molecule has 1 rings (SSSR count). The number of ether oxygens (including phenoxy) is 1. The van der Waals surface area contributed by atoms with Crippen LogP contribution in [0.2, 0.25) is 5.02 Å². The maximum Gasteiger partial charge on any atom is 0.142 e. The van der Waals surface area contributed by atoms with Gasteiger partial charge in [-0.3, -0.25) is 0 Å². The number of hydrogen-bond donors (Lipinski definition) is 1. The van der Waals surface area contributed by atoms with Crippen molar-refractivity contribution >= 4 is 11.6 Å². The third kappa shape index (κ3) is 3.67. The zero-order chi connectivity index (χ0) is 13.9. The van der Waals surface area contributed by atoms with Crippen LogP contribution in [-0.2, 0) is 11.2 Å². The Bertz CT molecular complexity index is 401. The largest absolute Gasteiger partial charge is 0.390 e. The molecule has 0 bridgehead atoms. The van der Waals surface area contributed by atoms with Crippen LogP contribution in [0.25, 0.3) is 0 Å². The summed E-state index contributed by atoms with van der Waals surface area (Å²) in [6.45, 7) is 5.95. The molecule has 0 saturated carbocycles. The molecule has 0 heterocycles. The average Bonchev–Trinajstić information content (AvgIpc) is 2.23. The topological polar surface area (TPSA) is 29.5 Å². The molecule has 18 heavy (non-hydrogen) atoms. The van der Waals surface area contributed by atoms with Gasteiger partial charge in [0.1, 0.15) is 5.82 Å². The number of halogens is 2. The van der Waals surface area contributed by atoms with Crippen molar-refractivity contribution in [2.75, 3.05) is 7.11 Å². The standard InChI is InChI=1S/C14H20ClFO2/c1-14(2,3)13(18-4)11(17)8-9-6-5-7-10(16)12(9)15/h5-7,11,13,17H,8H2,1-4H3. The molecular weight excluding hydrogens is 255 g/mol. The van der Waals surface area contributed by atoms with E-state index in [0.29, 0.717) is 5.56 Å². The highest BCUT2D eigenvalue weighted by molar-refractivity contribution is 6.31. The second-order valence-electron chi connectivity index (χ2n) is 5.51. The Morgan fingerprint density at radius 2 is 2.00 bits per heavy atom. The Morgan fingerprint density at radius 1 is 1.39 bits per heavy atom. The molecule has 2 unspecified atom stereocenters. The van der Waals surface area contributed by atoms with E-state index in [2.05, 4.69) is 0 Å². The number of hydrogen-bond acceptors (Lipinski definition) is 2. The van der Waals surface area contributed by atoms with Gasteiger partial charge in [-0.15, -0.1) is 0 Å². The summed E-state index contributed by atoms with van der Waals surface area (Å²) in [5, 5.41) is 10.3. The van der Waals surface area contributed by atoms with Crippen LogP contribution < -0.4 is 0 Å². The first kappa shape index (κ1) is 15.4. The molecule has 0 saturated heterocycles. The van der Waals surface area contributed by atoms with Gasteiger partial charge < -0.3 is 9.84 Å². The minimum absolute atomic E-state index is 0.0697. The van der Waals surface area contributed by atoms with Crippen LogP contribution in [0.3, 0.4) is 0 Å². The summed E-state index contributed by atoms with van der Waals surface area (Å²) in [4.78, 5) is 0. The Balaban J connectivity index is 2.87. The predicted octanol–water partition coefficient (Wildman–Crippen LogP) is 3.44. The summed E-state index contributed by atoms with van der Waals surface area (Å²) < 4.78 is 18.6. The Labute approximate surface area is 113 Å². The third-order valence-corrected chi connectivity index (χ3v) is 3.34. The highest BCUT2D eigenvalue weighted by Crippen LogP contribution is 2.28. The van der Waals surface area contributed by atoms with E-state index >= 15 is 0 Å². The number of methoxy groups -OCH3 is 1. The van der Waals surface area contributed by atoms with Gasteiger partial charge >= 0.3 is 0 Å². The van der Waals surface area contributed by atoms with Gasteiger partial charge in [-0.05, 0) is 17.0 Å². The van der Waals surface area contributed by atoms with Crippen molar-refractivity contribution in [2.24, 2.45) is 5.41 Å². The molecule has 0 aliphatic heterocycles. The summed E-state index contributed by atoms with van der Waals surface area (Å²) in [6.07, 6.45) is -0.794. The second-order valence-corrected chi connectivity index (χ2v) is 5.88. The lowest BCUT2D eigenvalue weighted by Gasteiger charge is -2.33. The summed E-state index contributed by atoms with van der Waals surface area (Å²) in [5.41, 5.74) is 0.393. The van der Waals surface area contributed by atoms with Crippen molar-refractivity contribution in [1.82, 2.24) is 0 Å². The second kappa shape index (κ2) is 6.00. The molecular formula is C14H20ClFO2. The molecule has 1 aromatic rings. The van der Waals surface area contributed by atoms with Gasteiger partial charge in [-0.25, -0.2) is 4.39 Å². The highest BCUT2D eigenvalue weighted by Gasteiger charge is 2.31. The van der Waals surface area contributed by atoms with Crippen molar-refractivity contribution in [1.29, 1.82) is 0 Å². The first-order valence-electron chi connectivity index (χ1n) is 5.91. The average molecular weight is 275 g/mol. The lowest BCUT2D eigenvalue weighted by molar-refractivity contribution is -0.0699. The normalized spacial score (nSPS) is 15.5. The van der Waals surface area contributed by atoms with Gasteiger partial charge in [0, 0.05) is 13.5 Å². The highest BCUT2D eigenvalue weighted by atomic mass is 35.5. The molecule has 2 nitrogen and oxygen atoms in total. The molecule has 0 spiro atoms. The summed E-state index contributed by atoms with van der Waals surface area (Å²) in [5.74, 6) is -0.467. The zero-order valence-electron chi connectivity index (χ0n) is 11.2. The van der Waals surface area contributed by atoms with E-state index in [9.17, 15) is 9.50 Å². The van der Waals surface area contributed by atoms with Crippen molar-refractivity contribution in [3.8, 4) is 0 Å². The van der Waals surface area contributed by atoms with Crippen LogP contribution in [0.5, 0.6) is 0 Å². The van der Waals surface area contributed by atoms with Crippen LogP contribution >= 0.6 is 11.6 Å². The van der Waals surface area contributed by atoms with Gasteiger partial charge in [0.05, 0.1) is 17.2 Å². The van der Waals surface area contributed by atoms with Gasteiger partial charge in [-0.1, -0.05) is 44.5 Å². The van der Waals surface area contributed by atoms with Crippen LogP contribution in [0.15, 0.2) is 18.2 Å². The minimum atomic E-state index is -0.728. The Morgan fingerprint density at radius 3 is 2.50 bits per heavy atom. The summed E-state index contributed by atoms with van der Waals surface area (Å²) in [7, 11) is 1.56. The SMILES string of the molecule is COC(C(O)Cc1cccc(F)c1Cl)C(C)(C)C. The molecule has 2 atom stereocenters. The fourth-order valence-corrected chi connectivity index (χ4v) is 2.33. The number of aliphatic hydroxyl groups is 1.